The Morgan fingerprint density at radius 3 is 1.76 bits per heavy atom. The number of aliphatic hydroxyl groups excluding tert-OH is 1. The lowest BCUT2D eigenvalue weighted by Gasteiger charge is -2.03. The first kappa shape index (κ1) is 30.0. The third-order valence-electron chi connectivity index (χ3n) is 3.71. The van der Waals surface area contributed by atoms with Crippen molar-refractivity contribution in [2.45, 2.75) is 71.8 Å². The first-order valence-electron chi connectivity index (χ1n) is 10.0. The molecule has 5 N–H and O–H groups in total. The van der Waals surface area contributed by atoms with E-state index in [0.717, 1.165) is 18.8 Å². The Bertz CT molecular complexity index is 515. The van der Waals surface area contributed by atoms with Gasteiger partial charge in [0.1, 0.15) is 0 Å². The average Bonchev–Trinajstić information content (AvgIpc) is 2.66. The van der Waals surface area contributed by atoms with Crippen LogP contribution in [0.4, 0.5) is 0 Å². The zero-order valence-electron chi connectivity index (χ0n) is 17.9. The third kappa shape index (κ3) is 24.8. The van der Waals surface area contributed by atoms with Crippen molar-refractivity contribution in [3.63, 3.8) is 0 Å². The second kappa shape index (κ2) is 20.1. The molecule has 0 heterocycles. The maximum Gasteiger partial charge on any atom is 0.466 e. The second-order valence-corrected chi connectivity index (χ2v) is 7.44. The van der Waals surface area contributed by atoms with Crippen molar-refractivity contribution in [2.75, 3.05) is 20.3 Å². The molecule has 0 aliphatic rings. The molecule has 0 aromatic heterocycles. The van der Waals surface area contributed by atoms with Gasteiger partial charge in [-0.1, -0.05) is 58.4 Å². The van der Waals surface area contributed by atoms with E-state index in [1.54, 1.807) is 12.1 Å². The summed E-state index contributed by atoms with van der Waals surface area (Å²) in [5, 5.41) is 17.8. The Labute approximate surface area is 174 Å². The minimum atomic E-state index is -4.64. The molecular formula is C20H39O8P. The van der Waals surface area contributed by atoms with Gasteiger partial charge in [-0.3, -0.25) is 0 Å². The topological polar surface area (TPSA) is 137 Å². The highest BCUT2D eigenvalue weighted by Crippen LogP contribution is 2.26. The fraction of sp³-hybridized carbons (Fsp3) is 0.700. The highest BCUT2D eigenvalue weighted by molar-refractivity contribution is 7.45. The standard InChI is InChI=1S/C12H26O.C8H10O3.H3O4P/c1-3-5-7-9-11-13-12-10-8-6-4-2;1-11-8-4-6(5-9)2-3-7(8)10;1-5(2,3)4/h3-12H2,1-2H3;2-4,9-10H,5H2,1H3;(H3,1,2,3,4). The molecule has 0 spiro atoms. The van der Waals surface area contributed by atoms with E-state index in [0.29, 0.717) is 5.75 Å². The van der Waals surface area contributed by atoms with Crippen molar-refractivity contribution in [1.82, 2.24) is 0 Å². The van der Waals surface area contributed by atoms with Crippen molar-refractivity contribution in [3.8, 4) is 11.5 Å². The van der Waals surface area contributed by atoms with E-state index in [-0.39, 0.29) is 12.4 Å². The summed E-state index contributed by atoms with van der Waals surface area (Å²) in [5.41, 5.74) is 0.722. The Kier molecular flexibility index (Phi) is 20.9. The number of unbranched alkanes of at least 4 members (excludes halogenated alkanes) is 6. The maximum absolute atomic E-state index is 9.12. The predicted octanol–water partition coefficient (Wildman–Crippen LogP) is 4.13. The van der Waals surface area contributed by atoms with Gasteiger partial charge in [0.05, 0.1) is 13.7 Å². The lowest BCUT2D eigenvalue weighted by Crippen LogP contribution is -1.96. The first-order chi connectivity index (χ1) is 13.7. The number of ether oxygens (including phenoxy) is 2. The molecule has 0 bridgehead atoms. The number of phenols is 1. The summed E-state index contributed by atoms with van der Waals surface area (Å²) in [5.74, 6) is 0.473. The van der Waals surface area contributed by atoms with E-state index in [9.17, 15) is 0 Å². The fourth-order valence-electron chi connectivity index (χ4n) is 2.18. The van der Waals surface area contributed by atoms with E-state index in [4.69, 9.17) is 38.9 Å². The zero-order chi connectivity index (χ0) is 22.5. The van der Waals surface area contributed by atoms with Crippen molar-refractivity contribution < 1.29 is 38.9 Å². The van der Waals surface area contributed by atoms with E-state index < -0.39 is 7.82 Å². The monoisotopic (exact) mass is 438 g/mol. The third-order valence-corrected chi connectivity index (χ3v) is 3.71. The molecule has 0 saturated heterocycles. The normalized spacial score (nSPS) is 10.4. The SMILES string of the molecule is CCCCCCOCCCCCC.COc1cc(CO)ccc1O.O=P(O)(O)O. The van der Waals surface area contributed by atoms with Gasteiger partial charge < -0.3 is 34.4 Å². The first-order valence-corrected chi connectivity index (χ1v) is 11.6. The molecule has 8 nitrogen and oxygen atoms in total. The summed E-state index contributed by atoms with van der Waals surface area (Å²) in [6.45, 7) is 6.39. The van der Waals surface area contributed by atoms with Crippen LogP contribution in [-0.2, 0) is 15.9 Å². The van der Waals surface area contributed by atoms with Crippen molar-refractivity contribution in [2.24, 2.45) is 0 Å². The van der Waals surface area contributed by atoms with Crippen LogP contribution in [0, 0.1) is 0 Å². The Morgan fingerprint density at radius 1 is 0.897 bits per heavy atom. The predicted molar refractivity (Wildman–Crippen MR) is 114 cm³/mol. The largest absolute Gasteiger partial charge is 0.504 e. The Hall–Kier alpha value is -1.15. The Balaban J connectivity index is 0. The highest BCUT2D eigenvalue weighted by atomic mass is 31.2. The van der Waals surface area contributed by atoms with Gasteiger partial charge in [-0.15, -0.1) is 0 Å². The van der Waals surface area contributed by atoms with Crippen LogP contribution in [0.1, 0.15) is 70.8 Å². The molecule has 0 aliphatic heterocycles. The highest BCUT2D eigenvalue weighted by Gasteiger charge is 2.01. The molecule has 0 radical (unpaired) electrons. The van der Waals surface area contributed by atoms with Crippen LogP contribution in [0.15, 0.2) is 18.2 Å². The molecule has 9 heteroatoms. The summed E-state index contributed by atoms with van der Waals surface area (Å²) in [7, 11) is -3.17. The van der Waals surface area contributed by atoms with Crippen LogP contribution < -0.4 is 4.74 Å². The number of phosphoric acid groups is 1. The number of methoxy groups -OCH3 is 1. The second-order valence-electron chi connectivity index (χ2n) is 6.41. The van der Waals surface area contributed by atoms with Crippen molar-refractivity contribution in [1.29, 1.82) is 0 Å². The van der Waals surface area contributed by atoms with Crippen LogP contribution in [0.3, 0.4) is 0 Å². The van der Waals surface area contributed by atoms with E-state index in [2.05, 4.69) is 13.8 Å². The van der Waals surface area contributed by atoms with E-state index >= 15 is 0 Å². The number of aromatic hydroxyl groups is 1. The summed E-state index contributed by atoms with van der Waals surface area (Å²) < 4.78 is 19.2. The number of hydrogen-bond acceptors (Lipinski definition) is 5. The van der Waals surface area contributed by atoms with Gasteiger partial charge in [0.2, 0.25) is 0 Å². The molecule has 0 unspecified atom stereocenters. The van der Waals surface area contributed by atoms with Gasteiger partial charge in [-0.2, -0.15) is 0 Å². The Morgan fingerprint density at radius 2 is 1.38 bits per heavy atom. The number of aliphatic hydroxyl groups is 1. The average molecular weight is 438 g/mol. The minimum Gasteiger partial charge on any atom is -0.504 e. The van der Waals surface area contributed by atoms with Crippen LogP contribution >= 0.6 is 7.82 Å². The quantitative estimate of drug-likeness (QED) is 0.243. The molecule has 0 amide bonds. The summed E-state index contributed by atoms with van der Waals surface area (Å²) >= 11 is 0. The van der Waals surface area contributed by atoms with Crippen molar-refractivity contribution in [3.05, 3.63) is 23.8 Å². The summed E-state index contributed by atoms with van der Waals surface area (Å²) in [6.07, 6.45) is 10.5. The molecule has 29 heavy (non-hydrogen) atoms. The molecule has 0 aliphatic carbocycles. The van der Waals surface area contributed by atoms with Gasteiger partial charge in [-0.25, -0.2) is 4.57 Å². The summed E-state index contributed by atoms with van der Waals surface area (Å²) in [4.78, 5) is 21.6. The molecule has 1 aromatic carbocycles. The molecule has 1 aromatic rings. The van der Waals surface area contributed by atoms with Gasteiger partial charge in [0.15, 0.2) is 11.5 Å². The molecule has 0 saturated carbocycles. The number of phenolic OH excluding ortho intramolecular Hbond substituents is 1. The maximum atomic E-state index is 9.12. The van der Waals surface area contributed by atoms with E-state index in [1.807, 2.05) is 0 Å². The fourth-order valence-corrected chi connectivity index (χ4v) is 2.18. The summed E-state index contributed by atoms with van der Waals surface area (Å²) in [6, 6.07) is 4.72. The molecule has 1 rings (SSSR count). The van der Waals surface area contributed by atoms with Gasteiger partial charge in [0, 0.05) is 13.2 Å². The van der Waals surface area contributed by atoms with Crippen LogP contribution in [0.5, 0.6) is 11.5 Å². The number of benzene rings is 1. The smallest absolute Gasteiger partial charge is 0.466 e. The van der Waals surface area contributed by atoms with Gasteiger partial charge in [-0.05, 0) is 30.5 Å². The van der Waals surface area contributed by atoms with Gasteiger partial charge in [0.25, 0.3) is 0 Å². The molecular weight excluding hydrogens is 399 g/mol. The lowest BCUT2D eigenvalue weighted by atomic mass is 10.2. The molecule has 172 valence electrons. The van der Waals surface area contributed by atoms with Crippen LogP contribution in [0.2, 0.25) is 0 Å². The molecule has 0 atom stereocenters. The lowest BCUT2D eigenvalue weighted by molar-refractivity contribution is 0.126. The number of hydrogen-bond donors (Lipinski definition) is 5. The molecule has 0 fully saturated rings. The van der Waals surface area contributed by atoms with Gasteiger partial charge >= 0.3 is 7.82 Å². The minimum absolute atomic E-state index is 0.0450. The zero-order valence-corrected chi connectivity index (χ0v) is 18.8. The van der Waals surface area contributed by atoms with Crippen LogP contribution in [-0.4, -0.2) is 45.2 Å². The van der Waals surface area contributed by atoms with Crippen molar-refractivity contribution >= 4 is 7.82 Å². The number of rotatable bonds is 12. The van der Waals surface area contributed by atoms with E-state index in [1.165, 1.54) is 64.5 Å². The van der Waals surface area contributed by atoms with Crippen LogP contribution in [0.25, 0.3) is 0 Å².